The number of rotatable bonds is 8. The van der Waals surface area contributed by atoms with Crippen LogP contribution in [0.15, 0.2) is 52.1 Å². The van der Waals surface area contributed by atoms with Gasteiger partial charge >= 0.3 is 0 Å². The van der Waals surface area contributed by atoms with Crippen molar-refractivity contribution in [1.29, 1.82) is 0 Å². The molecule has 3 N–H and O–H groups in total. The average Bonchev–Trinajstić information content (AvgIpc) is 3.06. The zero-order chi connectivity index (χ0) is 21.7. The Bertz CT molecular complexity index is 1000. The smallest absolute Gasteiger partial charge is 0.230 e. The normalized spacial score (nSPS) is 11.9. The number of hydrogen-bond donors (Lipinski definition) is 2. The van der Waals surface area contributed by atoms with Crippen molar-refractivity contribution in [2.75, 3.05) is 11.6 Å². The van der Waals surface area contributed by atoms with Crippen molar-refractivity contribution >= 4 is 33.6 Å². The number of nitrogen functional groups attached to an aromatic ring is 1. The average molecular weight is 490 g/mol. The van der Waals surface area contributed by atoms with Gasteiger partial charge in [-0.25, -0.2) is 4.68 Å². The van der Waals surface area contributed by atoms with Crippen LogP contribution in [0.2, 0.25) is 0 Å². The summed E-state index contributed by atoms with van der Waals surface area (Å²) in [6, 6.07) is 13.7. The van der Waals surface area contributed by atoms with Crippen LogP contribution in [0.3, 0.4) is 0 Å². The molecule has 0 radical (unpaired) electrons. The maximum Gasteiger partial charge on any atom is 0.230 e. The van der Waals surface area contributed by atoms with E-state index in [2.05, 4.69) is 31.4 Å². The van der Waals surface area contributed by atoms with Crippen LogP contribution in [-0.2, 0) is 11.4 Å². The van der Waals surface area contributed by atoms with Crippen LogP contribution < -0.4 is 15.9 Å². The van der Waals surface area contributed by atoms with Crippen molar-refractivity contribution in [3.8, 4) is 5.75 Å². The lowest BCUT2D eigenvalue weighted by atomic mass is 10.1. The molecule has 30 heavy (non-hydrogen) atoms. The molecule has 1 aromatic heterocycles. The predicted octanol–water partition coefficient (Wildman–Crippen LogP) is 3.92. The van der Waals surface area contributed by atoms with E-state index < -0.39 is 0 Å². The van der Waals surface area contributed by atoms with Gasteiger partial charge in [-0.1, -0.05) is 58.0 Å². The third kappa shape index (κ3) is 5.54. The molecule has 158 valence electrons. The van der Waals surface area contributed by atoms with E-state index >= 15 is 0 Å². The Kier molecular flexibility index (Phi) is 7.38. The topological polar surface area (TPSA) is 95.1 Å². The highest BCUT2D eigenvalue weighted by atomic mass is 79.9. The lowest BCUT2D eigenvalue weighted by molar-refractivity contribution is -0.119. The Morgan fingerprint density at radius 3 is 2.53 bits per heavy atom. The number of ether oxygens (including phenoxy) is 1. The largest absolute Gasteiger partial charge is 0.485 e. The fraction of sp³-hybridized carbons (Fsp3) is 0.286. The first-order valence-corrected chi connectivity index (χ1v) is 11.2. The highest BCUT2D eigenvalue weighted by Crippen LogP contribution is 2.24. The Balaban J connectivity index is 1.53. The number of aryl methyl sites for hydroxylation is 2. The first-order valence-electron chi connectivity index (χ1n) is 9.41. The summed E-state index contributed by atoms with van der Waals surface area (Å²) in [4.78, 5) is 12.3. The van der Waals surface area contributed by atoms with Crippen molar-refractivity contribution in [3.63, 3.8) is 0 Å². The number of hydrogen-bond acceptors (Lipinski definition) is 6. The Morgan fingerprint density at radius 2 is 1.87 bits per heavy atom. The maximum absolute atomic E-state index is 12.3. The van der Waals surface area contributed by atoms with Crippen molar-refractivity contribution in [1.82, 2.24) is 20.2 Å². The Hall–Kier alpha value is -2.52. The minimum Gasteiger partial charge on any atom is -0.485 e. The fourth-order valence-corrected chi connectivity index (χ4v) is 3.87. The molecule has 0 aliphatic rings. The van der Waals surface area contributed by atoms with Crippen molar-refractivity contribution in [2.45, 2.75) is 38.6 Å². The van der Waals surface area contributed by atoms with Gasteiger partial charge < -0.3 is 15.9 Å². The number of nitrogens with two attached hydrogens (primary N) is 1. The molecule has 0 saturated heterocycles. The van der Waals surface area contributed by atoms with Crippen LogP contribution in [0.4, 0.5) is 0 Å². The van der Waals surface area contributed by atoms with E-state index in [9.17, 15) is 4.79 Å². The lowest BCUT2D eigenvalue weighted by Crippen LogP contribution is -2.28. The lowest BCUT2D eigenvalue weighted by Gasteiger charge is -2.14. The van der Waals surface area contributed by atoms with Gasteiger partial charge in [-0.15, -0.1) is 10.2 Å². The number of nitrogens with zero attached hydrogens (tertiary/aromatic N) is 3. The molecule has 0 spiro atoms. The van der Waals surface area contributed by atoms with Gasteiger partial charge in [0.15, 0.2) is 5.82 Å². The van der Waals surface area contributed by atoms with Crippen LogP contribution >= 0.6 is 27.7 Å². The van der Waals surface area contributed by atoms with Gasteiger partial charge in [0.1, 0.15) is 12.4 Å². The molecule has 0 fully saturated rings. The van der Waals surface area contributed by atoms with Gasteiger partial charge in [-0.2, -0.15) is 0 Å². The summed E-state index contributed by atoms with van der Waals surface area (Å²) in [6.07, 6.45) is 0. The number of benzene rings is 2. The van der Waals surface area contributed by atoms with Gasteiger partial charge in [0, 0.05) is 4.47 Å². The molecular weight excluding hydrogens is 466 g/mol. The Labute approximate surface area is 188 Å². The van der Waals surface area contributed by atoms with Gasteiger partial charge in [0.2, 0.25) is 11.1 Å². The highest BCUT2D eigenvalue weighted by Gasteiger charge is 2.15. The van der Waals surface area contributed by atoms with Crippen molar-refractivity contribution in [3.05, 3.63) is 69.5 Å². The number of amides is 1. The highest BCUT2D eigenvalue weighted by molar-refractivity contribution is 9.10. The summed E-state index contributed by atoms with van der Waals surface area (Å²) < 4.78 is 8.25. The zero-order valence-corrected chi connectivity index (χ0v) is 19.5. The molecule has 9 heteroatoms. The van der Waals surface area contributed by atoms with E-state index in [1.54, 1.807) is 0 Å². The Morgan fingerprint density at radius 1 is 1.20 bits per heavy atom. The third-order valence-electron chi connectivity index (χ3n) is 4.57. The molecule has 3 rings (SSSR count). The zero-order valence-electron chi connectivity index (χ0n) is 17.1. The summed E-state index contributed by atoms with van der Waals surface area (Å²) >= 11 is 4.64. The second-order valence-electron chi connectivity index (χ2n) is 6.91. The second-order valence-corrected chi connectivity index (χ2v) is 8.77. The SMILES string of the molecule is Cc1cccc(C)c1OCc1nnc(SCC(=O)NC(C)c2ccc(Br)cc2)n1N. The molecule has 1 amide bonds. The maximum atomic E-state index is 12.3. The number of para-hydroxylation sites is 1. The van der Waals surface area contributed by atoms with Crippen LogP contribution in [-0.4, -0.2) is 26.5 Å². The summed E-state index contributed by atoms with van der Waals surface area (Å²) in [5.41, 5.74) is 3.12. The molecular formula is C21H24BrN5O2S. The van der Waals surface area contributed by atoms with Gasteiger partial charge in [-0.3, -0.25) is 4.79 Å². The molecule has 0 bridgehead atoms. The number of thioether (sulfide) groups is 1. The summed E-state index contributed by atoms with van der Waals surface area (Å²) in [5.74, 6) is 7.48. The summed E-state index contributed by atoms with van der Waals surface area (Å²) in [6.45, 7) is 6.12. The van der Waals surface area contributed by atoms with Gasteiger partial charge in [0.05, 0.1) is 11.8 Å². The van der Waals surface area contributed by atoms with Gasteiger partial charge in [-0.05, 0) is 49.6 Å². The molecule has 3 aromatic rings. The predicted molar refractivity (Wildman–Crippen MR) is 122 cm³/mol. The van der Waals surface area contributed by atoms with E-state index in [4.69, 9.17) is 10.6 Å². The fourth-order valence-electron chi connectivity index (χ4n) is 2.92. The minimum atomic E-state index is -0.105. The number of nitrogens with one attached hydrogen (secondary N) is 1. The van der Waals surface area contributed by atoms with Crippen LogP contribution in [0.5, 0.6) is 5.75 Å². The summed E-state index contributed by atoms with van der Waals surface area (Å²) in [5, 5.41) is 11.6. The number of aromatic nitrogens is 3. The van der Waals surface area contributed by atoms with Crippen molar-refractivity contribution in [2.24, 2.45) is 0 Å². The molecule has 1 atom stereocenters. The van der Waals surface area contributed by atoms with Crippen LogP contribution in [0.25, 0.3) is 0 Å². The molecule has 0 aliphatic heterocycles. The molecule has 2 aromatic carbocycles. The van der Waals surface area contributed by atoms with Crippen LogP contribution in [0, 0.1) is 13.8 Å². The summed E-state index contributed by atoms with van der Waals surface area (Å²) in [7, 11) is 0. The molecule has 7 nitrogen and oxygen atoms in total. The molecule has 0 aliphatic carbocycles. The monoisotopic (exact) mass is 489 g/mol. The van der Waals surface area contributed by atoms with E-state index in [-0.39, 0.29) is 24.3 Å². The molecule has 1 heterocycles. The third-order valence-corrected chi connectivity index (χ3v) is 6.04. The number of carbonyl (C=O) groups excluding carboxylic acids is 1. The van der Waals surface area contributed by atoms with Crippen LogP contribution in [0.1, 0.15) is 35.5 Å². The van der Waals surface area contributed by atoms with Gasteiger partial charge in [0.25, 0.3) is 0 Å². The van der Waals surface area contributed by atoms with Crippen molar-refractivity contribution < 1.29 is 9.53 Å². The van der Waals surface area contributed by atoms with E-state index in [1.807, 2.05) is 63.2 Å². The van der Waals surface area contributed by atoms with E-state index in [0.717, 1.165) is 26.9 Å². The molecule has 1 unspecified atom stereocenters. The number of halogens is 1. The quantitative estimate of drug-likeness (QED) is 0.367. The van der Waals surface area contributed by atoms with E-state index in [0.29, 0.717) is 11.0 Å². The number of carbonyl (C=O) groups is 1. The minimum absolute atomic E-state index is 0.0942. The van der Waals surface area contributed by atoms with E-state index in [1.165, 1.54) is 16.4 Å². The molecule has 0 saturated carbocycles. The second kappa shape index (κ2) is 9.99. The standard InChI is InChI=1S/C21H24BrN5O2S/c1-13-5-4-6-14(2)20(13)29-11-18-25-26-21(27(18)23)30-12-19(28)24-15(3)16-7-9-17(22)10-8-16/h4-10,15H,11-12,23H2,1-3H3,(H,24,28). The first-order chi connectivity index (χ1) is 14.3. The first kappa shape index (κ1) is 22.2.